The third-order valence-corrected chi connectivity index (χ3v) is 7.45. The number of pyridine rings is 2. The lowest BCUT2D eigenvalue weighted by molar-refractivity contribution is -0.193. The molecule has 0 amide bonds. The zero-order valence-corrected chi connectivity index (χ0v) is 30.0. The molecule has 26 heteroatoms. The molecule has 0 spiro atoms. The van der Waals surface area contributed by atoms with Crippen molar-refractivity contribution in [3.05, 3.63) is 59.7 Å². The normalized spacial score (nSPS) is 18.3. The summed E-state index contributed by atoms with van der Waals surface area (Å²) in [6.07, 6.45) is -14.7. The first-order valence-electron chi connectivity index (χ1n) is 16.0. The highest BCUT2D eigenvalue weighted by atomic mass is 19.4. The number of hydrogen-bond donors (Lipinski definition) is 4. The Hall–Kier alpha value is -5.27. The summed E-state index contributed by atoms with van der Waals surface area (Å²) in [5.74, 6) is -10.8. The molecule has 2 saturated heterocycles. The molecule has 2 aliphatic heterocycles. The van der Waals surface area contributed by atoms with Crippen LogP contribution in [0, 0.1) is 18.3 Å². The smallest absolute Gasteiger partial charge is 0.475 e. The van der Waals surface area contributed by atoms with Gasteiger partial charge in [0.25, 0.3) is 0 Å². The van der Waals surface area contributed by atoms with Crippen molar-refractivity contribution < 1.29 is 102 Å². The third-order valence-electron chi connectivity index (χ3n) is 7.45. The van der Waals surface area contributed by atoms with E-state index in [-0.39, 0.29) is 11.9 Å². The van der Waals surface area contributed by atoms with Crippen molar-refractivity contribution in [2.24, 2.45) is 11.3 Å². The van der Waals surface area contributed by atoms with E-state index in [0.29, 0.717) is 6.61 Å². The molecule has 2 aromatic heterocycles. The number of aliphatic carboxylic acids is 4. The van der Waals surface area contributed by atoms with Gasteiger partial charge in [-0.15, -0.1) is 0 Å². The van der Waals surface area contributed by atoms with Crippen LogP contribution in [0.1, 0.15) is 36.7 Å². The summed E-state index contributed by atoms with van der Waals surface area (Å²) in [5, 5.41) is 28.5. The number of aryl methyl sites for hydroxylation is 1. The first-order valence-corrected chi connectivity index (χ1v) is 16.0. The number of carbonyl (C=O) groups is 5. The lowest BCUT2D eigenvalue weighted by Gasteiger charge is -2.31. The molecule has 4 N–H and O–H groups in total. The molecular weight excluding hydrogens is 828 g/mol. The van der Waals surface area contributed by atoms with Gasteiger partial charge in [-0.2, -0.15) is 52.7 Å². The second-order valence-electron chi connectivity index (χ2n) is 11.9. The topological polar surface area (TPSA) is 208 Å². The van der Waals surface area contributed by atoms with E-state index < -0.39 is 54.0 Å². The number of likely N-dealkylation sites (tertiary alicyclic amines) is 2. The second kappa shape index (κ2) is 22.6. The van der Waals surface area contributed by atoms with E-state index in [1.165, 1.54) is 5.56 Å². The van der Waals surface area contributed by atoms with Gasteiger partial charge in [0.2, 0.25) is 0 Å². The standard InChI is InChI=1S/C24H32N4O2.4C2HF3O2/c1-3-30-23(29)24-10-6-12-27(14-20-8-5-11-25-13-20)15-21(24)16-28(18-24)17-22-9-4-7-19(2)26-22;4*3-2(4,5)1(6)7/h4-5,7-9,11,13,21H,3,6,10,12,14-18H2,1-2H3;4*(H,6,7)/t21-,24-;;;;/m0..../s1. The molecule has 328 valence electrons. The number of ether oxygens (including phenoxy) is 1. The van der Waals surface area contributed by atoms with Gasteiger partial charge in [-0.3, -0.25) is 24.6 Å². The van der Waals surface area contributed by atoms with Crippen LogP contribution >= 0.6 is 0 Å². The van der Waals surface area contributed by atoms with E-state index in [4.69, 9.17) is 44.3 Å². The summed E-state index contributed by atoms with van der Waals surface area (Å²) in [7, 11) is 0. The minimum Gasteiger partial charge on any atom is -0.475 e. The third kappa shape index (κ3) is 19.7. The summed E-state index contributed by atoms with van der Waals surface area (Å²) < 4.78 is 133. The maximum Gasteiger partial charge on any atom is 0.490 e. The Labute approximate surface area is 320 Å². The summed E-state index contributed by atoms with van der Waals surface area (Å²) in [6.45, 7) is 9.59. The van der Waals surface area contributed by atoms with Crippen LogP contribution in [0.3, 0.4) is 0 Å². The van der Waals surface area contributed by atoms with Crippen molar-refractivity contribution in [1.82, 2.24) is 19.8 Å². The lowest BCUT2D eigenvalue weighted by atomic mass is 9.75. The van der Waals surface area contributed by atoms with E-state index in [1.54, 1.807) is 0 Å². The fourth-order valence-electron chi connectivity index (χ4n) is 5.15. The molecule has 2 aromatic rings. The molecule has 0 unspecified atom stereocenters. The van der Waals surface area contributed by atoms with Crippen molar-refractivity contribution in [2.75, 3.05) is 32.8 Å². The Morgan fingerprint density at radius 2 is 1.21 bits per heavy atom. The van der Waals surface area contributed by atoms with Crippen LogP contribution in [0.2, 0.25) is 0 Å². The Morgan fingerprint density at radius 3 is 1.60 bits per heavy atom. The molecule has 14 nitrogen and oxygen atoms in total. The molecule has 2 atom stereocenters. The van der Waals surface area contributed by atoms with Gasteiger partial charge in [-0.05, 0) is 57.0 Å². The summed E-state index contributed by atoms with van der Waals surface area (Å²) in [4.78, 5) is 62.6. The van der Waals surface area contributed by atoms with Gasteiger partial charge in [0.1, 0.15) is 0 Å². The minimum atomic E-state index is -5.08. The Bertz CT molecular complexity index is 1550. The van der Waals surface area contributed by atoms with E-state index in [1.807, 2.05) is 38.4 Å². The minimum absolute atomic E-state index is 0.0158. The average molecular weight is 865 g/mol. The molecule has 2 fully saturated rings. The number of esters is 1. The van der Waals surface area contributed by atoms with Gasteiger partial charge in [0.15, 0.2) is 0 Å². The zero-order chi connectivity index (χ0) is 45.3. The number of carboxylic acid groups (broad SMARTS) is 4. The van der Waals surface area contributed by atoms with Gasteiger partial charge in [-0.1, -0.05) is 12.1 Å². The predicted octanol–water partition coefficient (Wildman–Crippen LogP) is 5.60. The highest BCUT2D eigenvalue weighted by molar-refractivity contribution is 5.78. The van der Waals surface area contributed by atoms with Crippen LogP contribution in [-0.2, 0) is 41.8 Å². The van der Waals surface area contributed by atoms with Crippen molar-refractivity contribution in [3.8, 4) is 0 Å². The van der Waals surface area contributed by atoms with Crippen LogP contribution in [0.15, 0.2) is 42.7 Å². The maximum atomic E-state index is 13.2. The van der Waals surface area contributed by atoms with E-state index >= 15 is 0 Å². The SMILES string of the molecule is CCOC(=O)[C@]12CCCN(Cc3cccnc3)C[C@H]1CN(Cc1cccc(C)n1)C2.O=C(O)C(F)(F)F.O=C(O)C(F)(F)F.O=C(O)C(F)(F)F.O=C(O)C(F)(F)F. The molecule has 2 aliphatic rings. The number of hydrogen-bond acceptors (Lipinski definition) is 10. The number of nitrogens with zero attached hydrogens (tertiary/aromatic N) is 4. The Morgan fingerprint density at radius 1 is 0.741 bits per heavy atom. The van der Waals surface area contributed by atoms with Crippen molar-refractivity contribution in [1.29, 1.82) is 0 Å². The van der Waals surface area contributed by atoms with E-state index in [0.717, 1.165) is 63.5 Å². The van der Waals surface area contributed by atoms with E-state index in [9.17, 15) is 57.5 Å². The average Bonchev–Trinajstić information content (AvgIpc) is 3.32. The highest BCUT2D eigenvalue weighted by Crippen LogP contribution is 2.44. The Balaban J connectivity index is 0.000000940. The number of aromatic nitrogens is 2. The van der Waals surface area contributed by atoms with E-state index in [2.05, 4.69) is 38.0 Å². The first kappa shape index (κ1) is 52.7. The number of rotatable bonds is 6. The maximum absolute atomic E-state index is 13.2. The molecule has 0 bridgehead atoms. The van der Waals surface area contributed by atoms with Crippen LogP contribution < -0.4 is 0 Å². The lowest BCUT2D eigenvalue weighted by Crippen LogP contribution is -2.42. The molecule has 58 heavy (non-hydrogen) atoms. The predicted molar refractivity (Wildman–Crippen MR) is 170 cm³/mol. The van der Waals surface area contributed by atoms with Crippen LogP contribution in [-0.4, -0.2) is 128 Å². The number of carbonyl (C=O) groups excluding carboxylic acids is 1. The van der Waals surface area contributed by atoms with Crippen LogP contribution in [0.4, 0.5) is 52.7 Å². The quantitative estimate of drug-likeness (QED) is 0.206. The zero-order valence-electron chi connectivity index (χ0n) is 30.0. The highest BCUT2D eigenvalue weighted by Gasteiger charge is 2.54. The first-order chi connectivity index (χ1) is 26.4. The number of halogens is 12. The molecule has 4 rings (SSSR count). The fourth-order valence-corrected chi connectivity index (χ4v) is 5.15. The van der Waals surface area contributed by atoms with Crippen molar-refractivity contribution in [2.45, 2.75) is 64.5 Å². The van der Waals surface area contributed by atoms with Gasteiger partial charge >= 0.3 is 54.6 Å². The summed E-state index contributed by atoms with van der Waals surface area (Å²) >= 11 is 0. The summed E-state index contributed by atoms with van der Waals surface area (Å²) in [5.41, 5.74) is 2.91. The molecule has 0 aliphatic carbocycles. The Kier molecular flexibility index (Phi) is 20.6. The second-order valence-corrected chi connectivity index (χ2v) is 11.9. The van der Waals surface area contributed by atoms with Crippen molar-refractivity contribution in [3.63, 3.8) is 0 Å². The van der Waals surface area contributed by atoms with Crippen molar-refractivity contribution >= 4 is 29.8 Å². The monoisotopic (exact) mass is 864 g/mol. The molecule has 4 heterocycles. The fraction of sp³-hybridized carbons (Fsp3) is 0.531. The van der Waals surface area contributed by atoms with Gasteiger partial charge < -0.3 is 25.2 Å². The number of alkyl halides is 12. The molecule has 0 aromatic carbocycles. The van der Waals surface area contributed by atoms with Gasteiger partial charge in [0.05, 0.1) is 17.7 Å². The molecule has 0 saturated carbocycles. The molecular formula is C32H36F12N4O10. The van der Waals surface area contributed by atoms with Crippen LogP contribution in [0.5, 0.6) is 0 Å². The van der Waals surface area contributed by atoms with Gasteiger partial charge in [0, 0.05) is 56.7 Å². The number of carboxylic acids is 4. The largest absolute Gasteiger partial charge is 0.490 e. The summed E-state index contributed by atoms with van der Waals surface area (Å²) in [6, 6.07) is 10.3. The van der Waals surface area contributed by atoms with Gasteiger partial charge in [-0.25, -0.2) is 19.2 Å². The van der Waals surface area contributed by atoms with Crippen LogP contribution in [0.25, 0.3) is 0 Å². The number of fused-ring (bicyclic) bond motifs is 1. The molecule has 0 radical (unpaired) electrons.